The summed E-state index contributed by atoms with van der Waals surface area (Å²) in [6, 6.07) is 0. The van der Waals surface area contributed by atoms with Crippen molar-refractivity contribution in [3.63, 3.8) is 0 Å². The Bertz CT molecular complexity index is 1380. The molecule has 7 rings (SSSR count). The predicted octanol–water partition coefficient (Wildman–Crippen LogP) is 6.46. The van der Waals surface area contributed by atoms with Crippen LogP contribution in [0.25, 0.3) is 0 Å². The van der Waals surface area contributed by atoms with Crippen molar-refractivity contribution >= 4 is 17.8 Å². The van der Waals surface area contributed by atoms with E-state index < -0.39 is 18.6 Å². The van der Waals surface area contributed by atoms with Crippen LogP contribution in [0.1, 0.15) is 132 Å². The van der Waals surface area contributed by atoms with Crippen molar-refractivity contribution in [3.05, 3.63) is 0 Å². The maximum atomic E-state index is 15.1. The number of piperazine rings is 1. The first-order chi connectivity index (χ1) is 23.4. The molecule has 8 nitrogen and oxygen atoms in total. The molecule has 7 fully saturated rings. The number of fused-ring (bicyclic) bond motifs is 7. The van der Waals surface area contributed by atoms with Gasteiger partial charge < -0.3 is 24.7 Å². The minimum absolute atomic E-state index is 0.0111. The normalized spacial score (nSPS) is 44.7. The van der Waals surface area contributed by atoms with E-state index in [1.54, 1.807) is 18.7 Å². The molecule has 0 aromatic carbocycles. The number of carbonyl (C=O) groups excluding carboxylic acids is 3. The van der Waals surface area contributed by atoms with Gasteiger partial charge >= 0.3 is 5.97 Å². The molecule has 1 saturated heterocycles. The van der Waals surface area contributed by atoms with E-state index in [2.05, 4.69) is 46.4 Å². The van der Waals surface area contributed by atoms with Gasteiger partial charge in [0.15, 0.2) is 0 Å². The Hall–Kier alpha value is -1.67. The third-order valence-electron chi connectivity index (χ3n) is 18.1. The first-order valence-corrected chi connectivity index (χ1v) is 20.3. The largest absolute Gasteiger partial charge is 0.462 e. The molecule has 2 amide bonds. The van der Waals surface area contributed by atoms with Crippen molar-refractivity contribution in [1.29, 1.82) is 0 Å². The van der Waals surface area contributed by atoms with Crippen LogP contribution in [0.3, 0.4) is 0 Å². The smallest absolute Gasteiger partial charge is 0.302 e. The number of nitrogens with zero attached hydrogens (tertiary/aromatic N) is 2. The maximum Gasteiger partial charge on any atom is 0.302 e. The van der Waals surface area contributed by atoms with Gasteiger partial charge in [-0.25, -0.2) is 0 Å². The summed E-state index contributed by atoms with van der Waals surface area (Å²) >= 11 is 0. The molecule has 0 radical (unpaired) electrons. The summed E-state index contributed by atoms with van der Waals surface area (Å²) in [5.74, 6) is 2.67. The molecule has 7 aliphatic rings. The van der Waals surface area contributed by atoms with Crippen LogP contribution in [-0.2, 0) is 19.1 Å². The summed E-state index contributed by atoms with van der Waals surface area (Å²) < 4.78 is 5.98. The van der Waals surface area contributed by atoms with Gasteiger partial charge in [0.2, 0.25) is 11.8 Å². The van der Waals surface area contributed by atoms with Crippen molar-refractivity contribution in [2.24, 2.45) is 67.5 Å². The van der Waals surface area contributed by atoms with Gasteiger partial charge in [-0.05, 0) is 135 Å². The zero-order chi connectivity index (χ0) is 36.3. The molecular weight excluding hydrogens is 628 g/mol. The van der Waals surface area contributed by atoms with Crippen molar-refractivity contribution < 1.29 is 29.3 Å². The Morgan fingerprint density at radius 3 is 1.94 bits per heavy atom. The number of esters is 1. The number of aliphatic hydroxyl groups is 2. The van der Waals surface area contributed by atoms with Crippen LogP contribution in [0.4, 0.5) is 0 Å². The first kappa shape index (κ1) is 36.7. The van der Waals surface area contributed by atoms with Gasteiger partial charge in [-0.15, -0.1) is 0 Å². The molecule has 8 heteroatoms. The summed E-state index contributed by atoms with van der Waals surface area (Å²) in [6.07, 6.45) is 13.7. The zero-order valence-electron chi connectivity index (χ0n) is 32.6. The lowest BCUT2D eigenvalue weighted by Crippen LogP contribution is -2.68. The van der Waals surface area contributed by atoms with E-state index in [1.165, 1.54) is 38.5 Å². The third-order valence-corrected chi connectivity index (χ3v) is 18.1. The zero-order valence-corrected chi connectivity index (χ0v) is 32.6. The molecule has 50 heavy (non-hydrogen) atoms. The van der Waals surface area contributed by atoms with E-state index in [0.29, 0.717) is 67.1 Å². The van der Waals surface area contributed by atoms with Crippen LogP contribution in [0, 0.1) is 67.5 Å². The Kier molecular flexibility index (Phi) is 8.74. The molecule has 2 N–H and O–H groups in total. The van der Waals surface area contributed by atoms with Crippen molar-refractivity contribution in [2.45, 2.75) is 139 Å². The molecule has 6 saturated carbocycles. The van der Waals surface area contributed by atoms with Gasteiger partial charge in [0.1, 0.15) is 6.10 Å². The molecule has 1 heterocycles. The Balaban J connectivity index is 1.16. The molecule has 0 bridgehead atoms. The van der Waals surface area contributed by atoms with E-state index >= 15 is 4.79 Å². The predicted molar refractivity (Wildman–Crippen MR) is 192 cm³/mol. The van der Waals surface area contributed by atoms with E-state index in [1.807, 2.05) is 0 Å². The van der Waals surface area contributed by atoms with Crippen LogP contribution >= 0.6 is 0 Å². The number of carbonyl (C=O) groups is 3. The minimum atomic E-state index is -1.19. The van der Waals surface area contributed by atoms with Gasteiger partial charge in [0.05, 0.1) is 24.0 Å². The second kappa shape index (κ2) is 11.9. The summed E-state index contributed by atoms with van der Waals surface area (Å²) in [6.45, 7) is 19.5. The average molecular weight is 697 g/mol. The Labute approximate surface area is 301 Å². The summed E-state index contributed by atoms with van der Waals surface area (Å²) in [5, 5.41) is 19.7. The number of ether oxygens (including phenoxy) is 1. The highest BCUT2D eigenvalue weighted by molar-refractivity contribution is 5.85. The topological polar surface area (TPSA) is 107 Å². The van der Waals surface area contributed by atoms with Gasteiger partial charge in [-0.2, -0.15) is 0 Å². The van der Waals surface area contributed by atoms with Gasteiger partial charge in [0.25, 0.3) is 0 Å². The molecule has 0 aromatic rings. The number of aliphatic hydroxyl groups excluding tert-OH is 2. The number of amides is 2. The summed E-state index contributed by atoms with van der Waals surface area (Å²) in [7, 11) is 0. The lowest BCUT2D eigenvalue weighted by molar-refractivity contribution is -0.251. The van der Waals surface area contributed by atoms with Crippen molar-refractivity contribution in [2.75, 3.05) is 39.4 Å². The molecular formula is C42H68N2O6. The Morgan fingerprint density at radius 1 is 0.700 bits per heavy atom. The monoisotopic (exact) mass is 697 g/mol. The highest BCUT2D eigenvalue weighted by Gasteiger charge is 2.73. The second-order valence-electron chi connectivity index (χ2n) is 20.6. The van der Waals surface area contributed by atoms with Crippen LogP contribution in [0.15, 0.2) is 0 Å². The van der Waals surface area contributed by atoms with E-state index in [9.17, 15) is 19.8 Å². The number of rotatable bonds is 6. The average Bonchev–Trinajstić information content (AvgIpc) is 3.70. The van der Waals surface area contributed by atoms with Crippen molar-refractivity contribution in [1.82, 2.24) is 9.80 Å². The lowest BCUT2D eigenvalue weighted by atomic mass is 9.32. The fourth-order valence-electron chi connectivity index (χ4n) is 14.7. The maximum absolute atomic E-state index is 15.1. The van der Waals surface area contributed by atoms with E-state index in [-0.39, 0.29) is 45.1 Å². The number of hydrogen-bond donors (Lipinski definition) is 2. The van der Waals surface area contributed by atoms with E-state index in [4.69, 9.17) is 4.74 Å². The molecule has 10 atom stereocenters. The third kappa shape index (κ3) is 4.98. The van der Waals surface area contributed by atoms with Crippen molar-refractivity contribution in [3.8, 4) is 0 Å². The van der Waals surface area contributed by atoms with Crippen LogP contribution in [0.2, 0.25) is 0 Å². The molecule has 0 spiro atoms. The lowest BCUT2D eigenvalue weighted by Gasteiger charge is -2.73. The summed E-state index contributed by atoms with van der Waals surface area (Å²) in [4.78, 5) is 44.3. The van der Waals surface area contributed by atoms with Gasteiger partial charge in [-0.3, -0.25) is 14.4 Å². The molecule has 282 valence electrons. The summed E-state index contributed by atoms with van der Waals surface area (Å²) in [5.41, 5.74) is -0.607. The highest BCUT2D eigenvalue weighted by atomic mass is 16.5. The number of hydrogen-bond acceptors (Lipinski definition) is 6. The fourth-order valence-corrected chi connectivity index (χ4v) is 14.7. The van der Waals surface area contributed by atoms with Crippen LogP contribution in [0.5, 0.6) is 0 Å². The fraction of sp³-hybridized carbons (Fsp3) is 0.929. The Morgan fingerprint density at radius 2 is 1.34 bits per heavy atom. The van der Waals surface area contributed by atoms with Crippen LogP contribution in [-0.4, -0.2) is 83.3 Å². The minimum Gasteiger partial charge on any atom is -0.462 e. The SMILES string of the molecule is CC(=O)O[C@H]1CC[C@]2(C)[C@H]3CC[C@@H]4[C@H]5[C@H](C6(C)CC6)CC[C@]5(C(=O)N5CCN(C(=O)C(C)(CO)CO)CC5)CC[C@@]4(C)[C@]3(C)CC[C@H]2C1(C)C. The highest BCUT2D eigenvalue weighted by Crippen LogP contribution is 2.79. The van der Waals surface area contributed by atoms with Gasteiger partial charge in [0, 0.05) is 38.5 Å². The molecule has 0 aromatic heterocycles. The van der Waals surface area contributed by atoms with E-state index in [0.717, 1.165) is 38.5 Å². The molecule has 6 aliphatic carbocycles. The first-order valence-electron chi connectivity index (χ1n) is 20.3. The second-order valence-corrected chi connectivity index (χ2v) is 20.6. The quantitative estimate of drug-likeness (QED) is 0.309. The standard InChI is InChI=1S/C42H68N2O6/c1-27(47)50-32-13-14-39(6)30(36(32,2)3)12-15-41(8)31(39)10-9-29-33-28(37(4)17-18-37)11-16-42(33,20-19-40(29,41)7)35(49)44-23-21-43(22-24-44)34(48)38(5,25-45)26-46/h28-33,45-46H,9-26H2,1-8H3/t28-,29-,30+,31-,32+,33-,39+,40-,41-,42+/m1/s1. The van der Waals surface area contributed by atoms with Crippen LogP contribution < -0.4 is 0 Å². The molecule has 1 aliphatic heterocycles. The molecule has 0 unspecified atom stereocenters. The van der Waals surface area contributed by atoms with Gasteiger partial charge in [-0.1, -0.05) is 41.5 Å².